The second-order valence-electron chi connectivity index (χ2n) is 7.92. The molecule has 0 saturated carbocycles. The van der Waals surface area contributed by atoms with Crippen LogP contribution in [0.4, 0.5) is 17.2 Å². The number of benzene rings is 2. The second-order valence-corrected chi connectivity index (χ2v) is 9.03. The fourth-order valence-corrected chi connectivity index (χ4v) is 4.15. The fraction of sp³-hybridized carbons (Fsp3) is 0.200. The number of pyridine rings is 1. The van der Waals surface area contributed by atoms with Crippen molar-refractivity contribution in [2.75, 3.05) is 10.6 Å². The van der Waals surface area contributed by atoms with Gasteiger partial charge in [0.25, 0.3) is 0 Å². The van der Waals surface area contributed by atoms with E-state index in [2.05, 4.69) is 64.6 Å². The predicted molar refractivity (Wildman–Crippen MR) is 131 cm³/mol. The van der Waals surface area contributed by atoms with Gasteiger partial charge in [-0.3, -0.25) is 4.79 Å². The standard InChI is InChI=1S/C25H25N5OS/c1-15(2)21-11-10-20-24(29-21)26-14-27-25(20)30-22-13-16(3)5-12-23(22)32-19-8-6-18(7-9-19)28-17(4)31/h5-15H,1-4H3,(H,28,31)(H,26,27,29,30). The number of nitrogens with zero attached hydrogens (tertiary/aromatic N) is 3. The molecule has 7 heteroatoms. The number of rotatable bonds is 6. The van der Waals surface area contributed by atoms with Crippen LogP contribution in [0.25, 0.3) is 11.0 Å². The Labute approximate surface area is 191 Å². The van der Waals surface area contributed by atoms with Gasteiger partial charge in [-0.25, -0.2) is 15.0 Å². The van der Waals surface area contributed by atoms with Crippen LogP contribution in [-0.2, 0) is 4.79 Å². The van der Waals surface area contributed by atoms with Gasteiger partial charge in [-0.15, -0.1) is 0 Å². The first-order valence-corrected chi connectivity index (χ1v) is 11.3. The minimum absolute atomic E-state index is 0.0810. The molecular formula is C25H25N5OS. The summed E-state index contributed by atoms with van der Waals surface area (Å²) < 4.78 is 0. The van der Waals surface area contributed by atoms with E-state index in [0.717, 1.165) is 43.6 Å². The average Bonchev–Trinajstić information content (AvgIpc) is 2.76. The van der Waals surface area contributed by atoms with E-state index in [1.165, 1.54) is 6.92 Å². The van der Waals surface area contributed by atoms with Gasteiger partial charge < -0.3 is 10.6 Å². The molecule has 0 saturated heterocycles. The lowest BCUT2D eigenvalue weighted by Gasteiger charge is -2.14. The molecule has 0 fully saturated rings. The molecule has 0 aliphatic heterocycles. The maximum Gasteiger partial charge on any atom is 0.221 e. The molecule has 1 amide bonds. The summed E-state index contributed by atoms with van der Waals surface area (Å²) >= 11 is 1.65. The highest BCUT2D eigenvalue weighted by Gasteiger charge is 2.11. The van der Waals surface area contributed by atoms with Crippen molar-refractivity contribution in [1.29, 1.82) is 0 Å². The quantitative estimate of drug-likeness (QED) is 0.363. The first-order chi connectivity index (χ1) is 15.4. The Morgan fingerprint density at radius 1 is 1.00 bits per heavy atom. The minimum Gasteiger partial charge on any atom is -0.339 e. The SMILES string of the molecule is CC(=O)Nc1ccc(Sc2ccc(C)cc2Nc2ncnc3nc(C(C)C)ccc23)cc1. The van der Waals surface area contributed by atoms with E-state index >= 15 is 0 Å². The van der Waals surface area contributed by atoms with Crippen molar-refractivity contribution in [3.8, 4) is 0 Å². The predicted octanol–water partition coefficient (Wildman–Crippen LogP) is 6.31. The highest BCUT2D eigenvalue weighted by atomic mass is 32.2. The molecule has 0 radical (unpaired) electrons. The van der Waals surface area contributed by atoms with Crippen LogP contribution in [0.3, 0.4) is 0 Å². The summed E-state index contributed by atoms with van der Waals surface area (Å²) in [6, 6.07) is 18.2. The van der Waals surface area contributed by atoms with Crippen molar-refractivity contribution in [3.63, 3.8) is 0 Å². The monoisotopic (exact) mass is 443 g/mol. The summed E-state index contributed by atoms with van der Waals surface area (Å²) in [5, 5.41) is 7.17. The van der Waals surface area contributed by atoms with Crippen LogP contribution in [0, 0.1) is 6.92 Å². The molecule has 0 aliphatic rings. The van der Waals surface area contributed by atoms with Gasteiger partial charge in [-0.1, -0.05) is 31.7 Å². The van der Waals surface area contributed by atoms with Crippen LogP contribution in [0.2, 0.25) is 0 Å². The molecule has 0 spiro atoms. The molecule has 0 bridgehead atoms. The van der Waals surface area contributed by atoms with Crippen molar-refractivity contribution in [3.05, 3.63) is 72.2 Å². The van der Waals surface area contributed by atoms with Gasteiger partial charge >= 0.3 is 0 Å². The summed E-state index contributed by atoms with van der Waals surface area (Å²) in [7, 11) is 0. The van der Waals surface area contributed by atoms with E-state index < -0.39 is 0 Å². The zero-order valence-corrected chi connectivity index (χ0v) is 19.3. The molecule has 0 unspecified atom stereocenters. The van der Waals surface area contributed by atoms with E-state index in [4.69, 9.17) is 0 Å². The molecule has 2 aromatic heterocycles. The van der Waals surface area contributed by atoms with E-state index in [9.17, 15) is 4.79 Å². The number of hydrogen-bond donors (Lipinski definition) is 2. The largest absolute Gasteiger partial charge is 0.339 e. The Morgan fingerprint density at radius 2 is 1.78 bits per heavy atom. The lowest BCUT2D eigenvalue weighted by Crippen LogP contribution is -2.05. The van der Waals surface area contributed by atoms with Crippen molar-refractivity contribution >= 4 is 45.9 Å². The molecule has 0 aliphatic carbocycles. The smallest absolute Gasteiger partial charge is 0.221 e. The number of aryl methyl sites for hydroxylation is 1. The normalized spacial score (nSPS) is 11.0. The molecule has 4 aromatic rings. The Morgan fingerprint density at radius 3 is 2.50 bits per heavy atom. The molecule has 2 aromatic carbocycles. The first kappa shape index (κ1) is 21.8. The van der Waals surface area contributed by atoms with Crippen LogP contribution in [0.5, 0.6) is 0 Å². The topological polar surface area (TPSA) is 79.8 Å². The maximum absolute atomic E-state index is 11.2. The Bertz CT molecular complexity index is 1270. The lowest BCUT2D eigenvalue weighted by molar-refractivity contribution is -0.114. The van der Waals surface area contributed by atoms with E-state index in [0.29, 0.717) is 11.6 Å². The summed E-state index contributed by atoms with van der Waals surface area (Å²) in [6.07, 6.45) is 1.55. The highest BCUT2D eigenvalue weighted by Crippen LogP contribution is 2.36. The minimum atomic E-state index is -0.0810. The van der Waals surface area contributed by atoms with Gasteiger partial charge in [0.15, 0.2) is 5.65 Å². The van der Waals surface area contributed by atoms with Crippen molar-refractivity contribution in [2.45, 2.75) is 43.4 Å². The summed E-state index contributed by atoms with van der Waals surface area (Å²) in [5.41, 5.74) is 4.59. The van der Waals surface area contributed by atoms with Crippen LogP contribution in [-0.4, -0.2) is 20.9 Å². The first-order valence-electron chi connectivity index (χ1n) is 10.4. The number of amides is 1. The zero-order chi connectivity index (χ0) is 22.7. The Balaban J connectivity index is 1.64. The summed E-state index contributed by atoms with van der Waals surface area (Å²) in [6.45, 7) is 7.81. The van der Waals surface area contributed by atoms with Crippen LogP contribution >= 0.6 is 11.8 Å². The number of anilines is 3. The van der Waals surface area contributed by atoms with E-state index in [1.54, 1.807) is 18.1 Å². The highest BCUT2D eigenvalue weighted by molar-refractivity contribution is 7.99. The summed E-state index contributed by atoms with van der Waals surface area (Å²) in [4.78, 5) is 26.9. The third-order valence-electron chi connectivity index (χ3n) is 4.90. The van der Waals surface area contributed by atoms with Crippen LogP contribution in [0.1, 0.15) is 37.9 Å². The summed E-state index contributed by atoms with van der Waals surface area (Å²) in [5.74, 6) is 0.983. The molecule has 2 N–H and O–H groups in total. The second kappa shape index (κ2) is 9.36. The molecule has 6 nitrogen and oxygen atoms in total. The Kier molecular flexibility index (Phi) is 6.37. The number of carbonyl (C=O) groups excluding carboxylic acids is 1. The maximum atomic E-state index is 11.2. The average molecular weight is 444 g/mol. The number of aromatic nitrogens is 3. The molecule has 32 heavy (non-hydrogen) atoms. The van der Waals surface area contributed by atoms with Crippen LogP contribution < -0.4 is 10.6 Å². The van der Waals surface area contributed by atoms with Crippen molar-refractivity contribution < 1.29 is 4.79 Å². The third-order valence-corrected chi connectivity index (χ3v) is 5.98. The number of hydrogen-bond acceptors (Lipinski definition) is 6. The lowest BCUT2D eigenvalue weighted by atomic mass is 10.1. The Hall–Kier alpha value is -3.45. The van der Waals surface area contributed by atoms with Crippen molar-refractivity contribution in [1.82, 2.24) is 15.0 Å². The molecule has 0 atom stereocenters. The molecule has 4 rings (SSSR count). The van der Waals surface area contributed by atoms with Gasteiger partial charge in [0, 0.05) is 28.1 Å². The molecule has 2 heterocycles. The zero-order valence-electron chi connectivity index (χ0n) is 18.5. The van der Waals surface area contributed by atoms with E-state index in [-0.39, 0.29) is 5.91 Å². The number of carbonyl (C=O) groups is 1. The van der Waals surface area contributed by atoms with Gasteiger partial charge in [0.05, 0.1) is 11.1 Å². The molecular weight excluding hydrogens is 418 g/mol. The van der Waals surface area contributed by atoms with Gasteiger partial charge in [-0.05, 0) is 66.9 Å². The number of nitrogens with one attached hydrogen (secondary N) is 2. The third kappa shape index (κ3) is 5.06. The van der Waals surface area contributed by atoms with E-state index in [1.807, 2.05) is 36.4 Å². The van der Waals surface area contributed by atoms with Gasteiger partial charge in [0.2, 0.25) is 5.91 Å². The van der Waals surface area contributed by atoms with Gasteiger partial charge in [-0.2, -0.15) is 0 Å². The molecule has 162 valence electrons. The fourth-order valence-electron chi connectivity index (χ4n) is 3.27. The number of fused-ring (bicyclic) bond motifs is 1. The van der Waals surface area contributed by atoms with Crippen LogP contribution in [0.15, 0.2) is 70.7 Å². The van der Waals surface area contributed by atoms with Crippen molar-refractivity contribution in [2.24, 2.45) is 0 Å². The van der Waals surface area contributed by atoms with Gasteiger partial charge in [0.1, 0.15) is 12.1 Å².